The zero-order chi connectivity index (χ0) is 14.4. The van der Waals surface area contributed by atoms with Gasteiger partial charge in [0.05, 0.1) is 6.54 Å². The van der Waals surface area contributed by atoms with Crippen molar-refractivity contribution in [3.8, 4) is 0 Å². The van der Waals surface area contributed by atoms with E-state index in [2.05, 4.69) is 5.32 Å². The molecule has 0 bridgehead atoms. The first-order valence-corrected chi connectivity index (χ1v) is 5.70. The van der Waals surface area contributed by atoms with Gasteiger partial charge in [0, 0.05) is 14.0 Å². The molecule has 2 amide bonds. The number of likely N-dealkylation sites (N-methyl/N-ethyl adjacent to an activating group) is 1. The monoisotopic (exact) mass is 264 g/mol. The highest BCUT2D eigenvalue weighted by molar-refractivity contribution is 5.87. The molecule has 0 radical (unpaired) electrons. The van der Waals surface area contributed by atoms with Crippen LogP contribution in [0.4, 0.5) is 0 Å². The molecule has 0 unspecified atom stereocenters. The van der Waals surface area contributed by atoms with Crippen molar-refractivity contribution in [2.24, 2.45) is 0 Å². The van der Waals surface area contributed by atoms with Gasteiger partial charge >= 0.3 is 5.97 Å². The Bertz CT molecular complexity index is 473. The van der Waals surface area contributed by atoms with Gasteiger partial charge in [-0.2, -0.15) is 0 Å². The van der Waals surface area contributed by atoms with Crippen LogP contribution in [0.3, 0.4) is 0 Å². The van der Waals surface area contributed by atoms with E-state index in [4.69, 9.17) is 5.11 Å². The molecule has 102 valence electrons. The Morgan fingerprint density at radius 3 is 2.32 bits per heavy atom. The van der Waals surface area contributed by atoms with Gasteiger partial charge in [0.1, 0.15) is 0 Å². The molecule has 0 aliphatic rings. The minimum absolute atomic E-state index is 0.175. The molecule has 0 fully saturated rings. The second-order valence-electron chi connectivity index (χ2n) is 4.12. The van der Waals surface area contributed by atoms with Crippen LogP contribution in [0.5, 0.6) is 0 Å². The topological polar surface area (TPSA) is 86.7 Å². The summed E-state index contributed by atoms with van der Waals surface area (Å²) in [6, 6.07) is 7.27. The fourth-order valence-electron chi connectivity index (χ4n) is 1.47. The molecule has 0 spiro atoms. The Kier molecular flexibility index (Phi) is 5.05. The van der Waals surface area contributed by atoms with Crippen LogP contribution in [-0.4, -0.2) is 41.4 Å². The summed E-state index contributed by atoms with van der Waals surface area (Å²) >= 11 is 0. The van der Waals surface area contributed by atoms with Gasteiger partial charge in [-0.15, -0.1) is 0 Å². The summed E-state index contributed by atoms with van der Waals surface area (Å²) in [5.41, 5.74) is 0.480. The van der Waals surface area contributed by atoms with E-state index in [9.17, 15) is 14.4 Å². The Morgan fingerprint density at radius 1 is 1.26 bits per heavy atom. The summed E-state index contributed by atoms with van der Waals surface area (Å²) in [7, 11) is 1.47. The van der Waals surface area contributed by atoms with Crippen molar-refractivity contribution in [3.63, 3.8) is 0 Å². The van der Waals surface area contributed by atoms with Crippen molar-refractivity contribution >= 4 is 17.8 Å². The molecule has 0 heterocycles. The zero-order valence-electron chi connectivity index (χ0n) is 10.8. The third-order valence-electron chi connectivity index (χ3n) is 2.60. The maximum absolute atomic E-state index is 11.7. The fraction of sp³-hybridized carbons (Fsp3) is 0.308. The summed E-state index contributed by atoms with van der Waals surface area (Å²) in [6.45, 7) is 1.16. The molecule has 0 aliphatic carbocycles. The number of hydrogen-bond donors (Lipinski definition) is 2. The summed E-state index contributed by atoms with van der Waals surface area (Å²) in [5.74, 6) is -1.93. The van der Waals surface area contributed by atoms with Crippen LogP contribution < -0.4 is 5.32 Å². The molecular weight excluding hydrogens is 248 g/mol. The quantitative estimate of drug-likeness (QED) is 0.806. The Balaban J connectivity index is 2.73. The molecule has 6 heteroatoms. The first kappa shape index (κ1) is 14.7. The second kappa shape index (κ2) is 6.53. The van der Waals surface area contributed by atoms with Crippen LogP contribution in [0.2, 0.25) is 0 Å². The smallest absolute Gasteiger partial charge is 0.330 e. The summed E-state index contributed by atoms with van der Waals surface area (Å²) < 4.78 is 0. The lowest BCUT2D eigenvalue weighted by Crippen LogP contribution is -2.41. The lowest BCUT2D eigenvalue weighted by Gasteiger charge is -2.18. The van der Waals surface area contributed by atoms with E-state index in [1.807, 2.05) is 0 Å². The third kappa shape index (κ3) is 4.42. The van der Waals surface area contributed by atoms with E-state index in [1.165, 1.54) is 18.9 Å². The minimum atomic E-state index is -1.15. The van der Waals surface area contributed by atoms with Gasteiger partial charge in [-0.3, -0.25) is 9.59 Å². The number of carboxylic acids is 1. The third-order valence-corrected chi connectivity index (χ3v) is 2.60. The Morgan fingerprint density at radius 2 is 1.84 bits per heavy atom. The van der Waals surface area contributed by atoms with Crippen molar-refractivity contribution in [1.29, 1.82) is 0 Å². The molecule has 0 aromatic heterocycles. The highest BCUT2D eigenvalue weighted by atomic mass is 16.4. The van der Waals surface area contributed by atoms with Crippen LogP contribution >= 0.6 is 0 Å². The van der Waals surface area contributed by atoms with Crippen LogP contribution in [-0.2, 0) is 14.4 Å². The normalized spacial score (nSPS) is 11.5. The van der Waals surface area contributed by atoms with Crippen molar-refractivity contribution in [3.05, 3.63) is 35.9 Å². The number of amides is 2. The molecule has 2 N–H and O–H groups in total. The predicted octanol–water partition coefficient (Wildman–Crippen LogP) is 0.407. The highest BCUT2D eigenvalue weighted by Gasteiger charge is 2.22. The van der Waals surface area contributed by atoms with E-state index in [0.29, 0.717) is 5.56 Å². The Hall–Kier alpha value is -2.37. The van der Waals surface area contributed by atoms with Crippen molar-refractivity contribution in [2.75, 3.05) is 13.6 Å². The zero-order valence-corrected chi connectivity index (χ0v) is 10.8. The Labute approximate surface area is 111 Å². The average Bonchev–Trinajstić information content (AvgIpc) is 2.36. The lowest BCUT2D eigenvalue weighted by molar-refractivity contribution is -0.142. The second-order valence-corrected chi connectivity index (χ2v) is 4.12. The molecule has 0 saturated carbocycles. The van der Waals surface area contributed by atoms with Crippen LogP contribution in [0, 0.1) is 0 Å². The summed E-state index contributed by atoms with van der Waals surface area (Å²) in [5, 5.41) is 11.5. The van der Waals surface area contributed by atoms with Crippen LogP contribution in [0.15, 0.2) is 30.3 Å². The van der Waals surface area contributed by atoms with Gasteiger partial charge in [-0.1, -0.05) is 30.3 Å². The van der Waals surface area contributed by atoms with Crippen molar-refractivity contribution in [2.45, 2.75) is 13.0 Å². The van der Waals surface area contributed by atoms with E-state index in [-0.39, 0.29) is 12.5 Å². The fourth-order valence-corrected chi connectivity index (χ4v) is 1.47. The van der Waals surface area contributed by atoms with E-state index in [1.54, 1.807) is 30.3 Å². The maximum Gasteiger partial charge on any atom is 0.330 e. The molecule has 19 heavy (non-hydrogen) atoms. The van der Waals surface area contributed by atoms with Gasteiger partial charge in [0.25, 0.3) is 0 Å². The number of nitrogens with one attached hydrogen (secondary N) is 1. The average molecular weight is 264 g/mol. The van der Waals surface area contributed by atoms with Crippen molar-refractivity contribution in [1.82, 2.24) is 10.2 Å². The maximum atomic E-state index is 11.7. The highest BCUT2D eigenvalue weighted by Crippen LogP contribution is 2.12. The summed E-state index contributed by atoms with van der Waals surface area (Å²) in [6.07, 6.45) is 0. The van der Waals surface area contributed by atoms with Gasteiger partial charge in [-0.05, 0) is 5.56 Å². The molecule has 1 aromatic rings. The van der Waals surface area contributed by atoms with E-state index < -0.39 is 17.9 Å². The summed E-state index contributed by atoms with van der Waals surface area (Å²) in [4.78, 5) is 35.0. The molecule has 1 atom stereocenters. The predicted molar refractivity (Wildman–Crippen MR) is 68.3 cm³/mol. The number of nitrogens with zero attached hydrogens (tertiary/aromatic N) is 1. The SMILES string of the molecule is CC(=O)N(C)CC(=O)N[C@@H](C(=O)O)c1ccccc1. The van der Waals surface area contributed by atoms with Gasteiger partial charge in [-0.25, -0.2) is 4.79 Å². The molecule has 1 aromatic carbocycles. The number of aliphatic carboxylic acids is 1. The first-order chi connectivity index (χ1) is 8.91. The number of benzene rings is 1. The van der Waals surface area contributed by atoms with Crippen LogP contribution in [0.25, 0.3) is 0 Å². The van der Waals surface area contributed by atoms with Crippen LogP contribution in [0.1, 0.15) is 18.5 Å². The first-order valence-electron chi connectivity index (χ1n) is 5.70. The van der Waals surface area contributed by atoms with Gasteiger partial charge in [0.15, 0.2) is 6.04 Å². The molecular formula is C13H16N2O4. The standard InChI is InChI=1S/C13H16N2O4/c1-9(16)15(2)8-11(17)14-12(13(18)19)10-6-4-3-5-7-10/h3-7,12H,8H2,1-2H3,(H,14,17)(H,18,19)/t12-/m1/s1. The van der Waals surface area contributed by atoms with Gasteiger partial charge in [0.2, 0.25) is 11.8 Å². The largest absolute Gasteiger partial charge is 0.479 e. The number of carbonyl (C=O) groups is 3. The number of carboxylic acid groups (broad SMARTS) is 1. The molecule has 6 nitrogen and oxygen atoms in total. The number of hydrogen-bond acceptors (Lipinski definition) is 3. The molecule has 0 saturated heterocycles. The lowest BCUT2D eigenvalue weighted by atomic mass is 10.1. The van der Waals surface area contributed by atoms with E-state index >= 15 is 0 Å². The molecule has 1 rings (SSSR count). The minimum Gasteiger partial charge on any atom is -0.479 e. The van der Waals surface area contributed by atoms with Gasteiger partial charge < -0.3 is 15.3 Å². The van der Waals surface area contributed by atoms with E-state index in [0.717, 1.165) is 0 Å². The van der Waals surface area contributed by atoms with Crippen molar-refractivity contribution < 1.29 is 19.5 Å². The number of carbonyl (C=O) groups excluding carboxylic acids is 2. The number of rotatable bonds is 5. The molecule has 0 aliphatic heterocycles.